The minimum absolute atomic E-state index is 0.00447. The Bertz CT molecular complexity index is 289. The number of carbonyl (C=O) groups is 2. The summed E-state index contributed by atoms with van der Waals surface area (Å²) in [5.74, 6) is -0.312. The Kier molecular flexibility index (Phi) is 14.1. The maximum atomic E-state index is 11.5. The first-order valence-electron chi connectivity index (χ1n) is 8.95. The highest BCUT2D eigenvalue weighted by atomic mass is 16.5. The molecule has 0 N–H and O–H groups in total. The quantitative estimate of drug-likeness (QED) is 0.341. The van der Waals surface area contributed by atoms with Crippen LogP contribution in [-0.2, 0) is 19.1 Å². The van der Waals surface area contributed by atoms with Gasteiger partial charge in [0, 0.05) is 12.8 Å². The van der Waals surface area contributed by atoms with Crippen LogP contribution >= 0.6 is 0 Å². The van der Waals surface area contributed by atoms with Gasteiger partial charge in [0.05, 0.1) is 12.7 Å². The van der Waals surface area contributed by atoms with Crippen LogP contribution in [0.4, 0.5) is 0 Å². The van der Waals surface area contributed by atoms with Crippen molar-refractivity contribution in [3.8, 4) is 0 Å². The van der Waals surface area contributed by atoms with Crippen LogP contribution in [0.5, 0.6) is 0 Å². The molecule has 0 rings (SSSR count). The van der Waals surface area contributed by atoms with Gasteiger partial charge in [-0.3, -0.25) is 9.59 Å². The molecule has 4 nitrogen and oxygen atoms in total. The molecule has 0 amide bonds. The van der Waals surface area contributed by atoms with Crippen molar-refractivity contribution in [3.05, 3.63) is 0 Å². The highest BCUT2D eigenvalue weighted by Gasteiger charge is 2.09. The van der Waals surface area contributed by atoms with Crippen molar-refractivity contribution < 1.29 is 19.1 Å². The molecule has 130 valence electrons. The predicted molar refractivity (Wildman–Crippen MR) is 88.6 cm³/mol. The maximum absolute atomic E-state index is 11.5. The lowest BCUT2D eigenvalue weighted by Crippen LogP contribution is -2.14. The van der Waals surface area contributed by atoms with Crippen molar-refractivity contribution in [2.75, 3.05) is 6.61 Å². The van der Waals surface area contributed by atoms with Crippen LogP contribution in [0.3, 0.4) is 0 Å². The van der Waals surface area contributed by atoms with Crippen LogP contribution in [0.1, 0.15) is 91.4 Å². The molecule has 1 unspecified atom stereocenters. The van der Waals surface area contributed by atoms with Crippen LogP contribution in [0.25, 0.3) is 0 Å². The van der Waals surface area contributed by atoms with E-state index in [9.17, 15) is 9.59 Å². The molecule has 0 radical (unpaired) electrons. The highest BCUT2D eigenvalue weighted by molar-refractivity contribution is 5.70. The summed E-state index contributed by atoms with van der Waals surface area (Å²) in [6.07, 6.45) is 9.83. The summed E-state index contributed by atoms with van der Waals surface area (Å²) in [4.78, 5) is 23.0. The van der Waals surface area contributed by atoms with Crippen LogP contribution in [0.15, 0.2) is 0 Å². The van der Waals surface area contributed by atoms with Gasteiger partial charge >= 0.3 is 11.9 Å². The highest BCUT2D eigenvalue weighted by Crippen LogP contribution is 2.07. The van der Waals surface area contributed by atoms with E-state index in [1.54, 1.807) is 0 Å². The first kappa shape index (κ1) is 20.9. The summed E-state index contributed by atoms with van der Waals surface area (Å²) >= 11 is 0. The van der Waals surface area contributed by atoms with E-state index in [1.165, 1.54) is 19.3 Å². The topological polar surface area (TPSA) is 52.6 Å². The van der Waals surface area contributed by atoms with Gasteiger partial charge in [0.15, 0.2) is 0 Å². The standard InChI is InChI=1S/C18H34O4/c1-4-6-7-8-11-15-21-17(19)13-9-10-14-18(20)22-16(3)12-5-2/h16H,4-15H2,1-3H3. The van der Waals surface area contributed by atoms with Gasteiger partial charge in [-0.15, -0.1) is 0 Å². The number of ether oxygens (including phenoxy) is 2. The summed E-state index contributed by atoms with van der Waals surface area (Å²) in [7, 11) is 0. The van der Waals surface area contributed by atoms with E-state index in [0.717, 1.165) is 25.7 Å². The fourth-order valence-corrected chi connectivity index (χ4v) is 2.25. The molecule has 0 saturated carbocycles. The molecule has 0 aromatic rings. The normalized spacial score (nSPS) is 12.0. The molecule has 1 atom stereocenters. The molecule has 0 aliphatic rings. The second-order valence-electron chi connectivity index (χ2n) is 5.93. The van der Waals surface area contributed by atoms with Crippen molar-refractivity contribution in [1.82, 2.24) is 0 Å². The predicted octanol–water partition coefficient (Wildman–Crippen LogP) is 4.79. The molecule has 0 aliphatic carbocycles. The minimum Gasteiger partial charge on any atom is -0.466 e. The fourth-order valence-electron chi connectivity index (χ4n) is 2.25. The monoisotopic (exact) mass is 314 g/mol. The van der Waals surface area contributed by atoms with E-state index in [-0.39, 0.29) is 18.0 Å². The Morgan fingerprint density at radius 2 is 1.45 bits per heavy atom. The number of rotatable bonds is 14. The summed E-state index contributed by atoms with van der Waals surface area (Å²) in [6, 6.07) is 0. The minimum atomic E-state index is -0.162. The van der Waals surface area contributed by atoms with Gasteiger partial charge in [0.2, 0.25) is 0 Å². The van der Waals surface area contributed by atoms with Gasteiger partial charge in [-0.05, 0) is 32.6 Å². The van der Waals surface area contributed by atoms with Gasteiger partial charge in [-0.1, -0.05) is 46.0 Å². The number of esters is 2. The van der Waals surface area contributed by atoms with Gasteiger partial charge in [0.1, 0.15) is 0 Å². The van der Waals surface area contributed by atoms with Gasteiger partial charge in [-0.2, -0.15) is 0 Å². The number of carbonyl (C=O) groups excluding carboxylic acids is 2. The van der Waals surface area contributed by atoms with Gasteiger partial charge < -0.3 is 9.47 Å². The Hall–Kier alpha value is -1.06. The molecule has 0 fully saturated rings. The van der Waals surface area contributed by atoms with E-state index in [4.69, 9.17) is 9.47 Å². The van der Waals surface area contributed by atoms with Crippen molar-refractivity contribution in [2.24, 2.45) is 0 Å². The third-order valence-electron chi connectivity index (χ3n) is 3.55. The summed E-state index contributed by atoms with van der Waals surface area (Å²) in [6.45, 7) is 6.69. The van der Waals surface area contributed by atoms with Crippen molar-refractivity contribution in [3.63, 3.8) is 0 Å². The van der Waals surface area contributed by atoms with Crippen LogP contribution in [-0.4, -0.2) is 24.6 Å². The molecule has 0 aliphatic heterocycles. The van der Waals surface area contributed by atoms with Crippen molar-refractivity contribution >= 4 is 11.9 Å². The molecular formula is C18H34O4. The lowest BCUT2D eigenvalue weighted by molar-refractivity contribution is -0.149. The lowest BCUT2D eigenvalue weighted by atomic mass is 10.2. The Labute approximate surface area is 135 Å². The maximum Gasteiger partial charge on any atom is 0.306 e. The fraction of sp³-hybridized carbons (Fsp3) is 0.889. The molecule has 0 aromatic carbocycles. The SMILES string of the molecule is CCCCCCCOC(=O)CCCCC(=O)OC(C)CCC. The van der Waals surface area contributed by atoms with E-state index < -0.39 is 0 Å². The number of unbranched alkanes of at least 4 members (excludes halogenated alkanes) is 5. The zero-order valence-electron chi connectivity index (χ0n) is 14.7. The van der Waals surface area contributed by atoms with Crippen molar-refractivity contribution in [1.29, 1.82) is 0 Å². The molecule has 0 spiro atoms. The Morgan fingerprint density at radius 1 is 0.818 bits per heavy atom. The first-order valence-corrected chi connectivity index (χ1v) is 8.95. The van der Waals surface area contributed by atoms with Gasteiger partial charge in [-0.25, -0.2) is 0 Å². The smallest absolute Gasteiger partial charge is 0.306 e. The van der Waals surface area contributed by atoms with E-state index in [0.29, 0.717) is 32.3 Å². The second kappa shape index (κ2) is 14.9. The molecule has 0 heterocycles. The molecule has 0 saturated heterocycles. The van der Waals surface area contributed by atoms with Crippen LogP contribution in [0, 0.1) is 0 Å². The lowest BCUT2D eigenvalue weighted by Gasteiger charge is -2.11. The van der Waals surface area contributed by atoms with Gasteiger partial charge in [0.25, 0.3) is 0 Å². The van der Waals surface area contributed by atoms with E-state index in [1.807, 2.05) is 6.92 Å². The van der Waals surface area contributed by atoms with Crippen LogP contribution in [0.2, 0.25) is 0 Å². The summed E-state index contributed by atoms with van der Waals surface area (Å²) in [5, 5.41) is 0. The average molecular weight is 314 g/mol. The first-order chi connectivity index (χ1) is 10.6. The molecule has 0 aromatic heterocycles. The third-order valence-corrected chi connectivity index (χ3v) is 3.55. The van der Waals surface area contributed by atoms with E-state index >= 15 is 0 Å². The largest absolute Gasteiger partial charge is 0.466 e. The van der Waals surface area contributed by atoms with Crippen LogP contribution < -0.4 is 0 Å². The van der Waals surface area contributed by atoms with E-state index in [2.05, 4.69) is 13.8 Å². The zero-order chi connectivity index (χ0) is 16.6. The Morgan fingerprint density at radius 3 is 2.09 bits per heavy atom. The third kappa shape index (κ3) is 13.9. The molecular weight excluding hydrogens is 280 g/mol. The molecule has 4 heteroatoms. The molecule has 22 heavy (non-hydrogen) atoms. The Balaban J connectivity index is 3.42. The molecule has 0 bridgehead atoms. The van der Waals surface area contributed by atoms with Crippen molar-refractivity contribution in [2.45, 2.75) is 97.5 Å². The summed E-state index contributed by atoms with van der Waals surface area (Å²) in [5.41, 5.74) is 0. The summed E-state index contributed by atoms with van der Waals surface area (Å²) < 4.78 is 10.4. The second-order valence-corrected chi connectivity index (χ2v) is 5.93. The average Bonchev–Trinajstić information content (AvgIpc) is 2.47. The number of hydrogen-bond donors (Lipinski definition) is 0. The number of hydrogen-bond acceptors (Lipinski definition) is 4. The zero-order valence-corrected chi connectivity index (χ0v) is 14.7.